The Morgan fingerprint density at radius 1 is 0.484 bits per heavy atom. The average Bonchev–Trinajstić information content (AvgIpc) is 3.27. The fourth-order valence-corrected chi connectivity index (χ4v) is 4.13. The molecule has 0 saturated heterocycles. The van der Waals surface area contributed by atoms with Gasteiger partial charge in [0.25, 0.3) is 0 Å². The molecule has 0 aliphatic heterocycles. The molecule has 0 nitrogen and oxygen atoms in total. The van der Waals surface area contributed by atoms with E-state index in [2.05, 4.69) is 141 Å². The van der Waals surface area contributed by atoms with Gasteiger partial charge in [-0.25, -0.2) is 0 Å². The minimum atomic E-state index is -1.21. The van der Waals surface area contributed by atoms with Crippen LogP contribution in [-0.4, -0.2) is 32.3 Å². The third-order valence-corrected chi connectivity index (χ3v) is 9.44. The van der Waals surface area contributed by atoms with Crippen LogP contribution >= 0.6 is 0 Å². The fourth-order valence-electron chi connectivity index (χ4n) is 1.75. The molecule has 5 heteroatoms. The monoisotopic (exact) mass is 516 g/mol. The Bertz CT molecular complexity index is 469. The van der Waals surface area contributed by atoms with Crippen LogP contribution in [0.3, 0.4) is 0 Å². The van der Waals surface area contributed by atoms with Crippen LogP contribution < -0.4 is 0 Å². The Morgan fingerprint density at radius 2 is 0.645 bits per heavy atom. The summed E-state index contributed by atoms with van der Waals surface area (Å²) in [6.07, 6.45) is 30.7. The average molecular weight is 517 g/mol. The van der Waals surface area contributed by atoms with Gasteiger partial charge in [-0.05, 0) is 62.4 Å². The second-order valence-electron chi connectivity index (χ2n) is 11.6. The van der Waals surface area contributed by atoms with Crippen molar-refractivity contribution in [1.29, 1.82) is 0 Å². The van der Waals surface area contributed by atoms with Gasteiger partial charge in [0.15, 0.2) is 0 Å². The van der Waals surface area contributed by atoms with Crippen molar-refractivity contribution in [1.82, 2.24) is 0 Å². The Labute approximate surface area is 217 Å². The molecule has 2 aliphatic carbocycles. The van der Waals surface area contributed by atoms with E-state index in [0.29, 0.717) is 0 Å². The molecule has 31 heavy (non-hydrogen) atoms. The van der Waals surface area contributed by atoms with Gasteiger partial charge in [0.05, 0.1) is 32.3 Å². The zero-order valence-electron chi connectivity index (χ0n) is 22.1. The topological polar surface area (TPSA) is 0 Å². The van der Waals surface area contributed by atoms with Crippen molar-refractivity contribution >= 4 is 32.3 Å². The van der Waals surface area contributed by atoms with Crippen LogP contribution in [0.15, 0.2) is 0 Å². The maximum absolute atomic E-state index is 6.67. The molecule has 0 amide bonds. The Hall–Kier alpha value is 0.702. The van der Waals surface area contributed by atoms with Crippen LogP contribution in [0.5, 0.6) is 0 Å². The summed E-state index contributed by atoms with van der Waals surface area (Å²) in [4.78, 5) is 0. The smallest absolute Gasteiger partial charge is 0.701 e. The van der Waals surface area contributed by atoms with Gasteiger partial charge in [0.1, 0.15) is 0 Å². The van der Waals surface area contributed by atoms with E-state index in [9.17, 15) is 0 Å². The molecular weight excluding hydrogens is 472 g/mol. The molecule has 0 bridgehead atoms. The summed E-state index contributed by atoms with van der Waals surface area (Å²) in [5, 5.41) is 0. The zero-order chi connectivity index (χ0) is 24.2. The number of rotatable bonds is 2. The zero-order valence-corrected chi connectivity index (χ0v) is 27.7. The van der Waals surface area contributed by atoms with E-state index in [0.717, 1.165) is 0 Å². The standard InChI is InChI=1S/2C8H13Si.2C5H9Si.Ti/c2*1-9(2,3)8-6-4-5-7-8;2*1-5-6(2,3)4;/h2*4-7H,1-3H3;2*2-4H3;/q;;2*-1;+2. The van der Waals surface area contributed by atoms with Gasteiger partial charge in [0.2, 0.25) is 0 Å². The molecule has 168 valence electrons. The molecule has 0 unspecified atom stereocenters. The molecule has 2 fully saturated rings. The summed E-state index contributed by atoms with van der Waals surface area (Å²) in [7, 11) is -4.39. The summed E-state index contributed by atoms with van der Waals surface area (Å²) in [6, 6.07) is 0. The molecule has 10 radical (unpaired) electrons. The molecule has 2 saturated carbocycles. The summed E-state index contributed by atoms with van der Waals surface area (Å²) in [5.74, 6) is 0. The SMILES string of the molecule is C[Si](C)(C)[C]1[CH][CH][CH][CH]1.C[Si](C)(C)[C]1[CH][CH][CH][CH]1.[C-]#C[Si](C)(C)C.[C-]#C[Si](C)(C)C.[Ti+2]. The molecule has 2 rings (SSSR count). The molecule has 0 spiro atoms. The van der Waals surface area contributed by atoms with Crippen molar-refractivity contribution in [3.8, 4) is 11.1 Å². The number of hydrogen-bond acceptors (Lipinski definition) is 0. The van der Waals surface area contributed by atoms with E-state index in [1.165, 1.54) is 0 Å². The Morgan fingerprint density at radius 3 is 0.710 bits per heavy atom. The predicted octanol–water partition coefficient (Wildman–Crippen LogP) is 7.44. The van der Waals surface area contributed by atoms with Crippen LogP contribution in [0, 0.1) is 86.4 Å². The molecule has 0 N–H and O–H groups in total. The third-order valence-electron chi connectivity index (χ3n) is 3.81. The van der Waals surface area contributed by atoms with Crippen molar-refractivity contribution in [3.63, 3.8) is 0 Å². The van der Waals surface area contributed by atoms with Gasteiger partial charge in [-0.3, -0.25) is 0 Å². The van der Waals surface area contributed by atoms with Gasteiger partial charge in [-0.15, -0.1) is 0 Å². The van der Waals surface area contributed by atoms with Crippen molar-refractivity contribution in [3.05, 3.63) is 75.3 Å². The molecule has 2 aliphatic rings. The quantitative estimate of drug-likeness (QED) is 0.203. The molecular formula is C26H44Si4Ti. The van der Waals surface area contributed by atoms with E-state index in [4.69, 9.17) is 12.8 Å². The molecule has 0 atom stereocenters. The van der Waals surface area contributed by atoms with Crippen molar-refractivity contribution in [2.24, 2.45) is 0 Å². The maximum atomic E-state index is 6.67. The number of hydrogen-bond donors (Lipinski definition) is 0. The molecule has 0 aromatic carbocycles. The van der Waals surface area contributed by atoms with Gasteiger partial charge < -0.3 is 23.9 Å². The fraction of sp³-hybridized carbons (Fsp3) is 0.462. The van der Waals surface area contributed by atoms with Crippen LogP contribution in [0.4, 0.5) is 0 Å². The van der Waals surface area contributed by atoms with Gasteiger partial charge >= 0.3 is 21.7 Å². The normalized spacial score (nSPS) is 17.4. The van der Waals surface area contributed by atoms with E-state index in [1.807, 2.05) is 0 Å². The first-order valence-electron chi connectivity index (χ1n) is 10.7. The van der Waals surface area contributed by atoms with Gasteiger partial charge in [-0.2, -0.15) is 0 Å². The maximum Gasteiger partial charge on any atom is 2.00 e. The third kappa shape index (κ3) is 23.7. The summed E-state index contributed by atoms with van der Waals surface area (Å²) in [6.45, 7) is 26.7. The first-order chi connectivity index (χ1) is 13.3. The van der Waals surface area contributed by atoms with Crippen LogP contribution in [-0.2, 0) is 21.7 Å². The molecule has 0 aromatic heterocycles. The van der Waals surface area contributed by atoms with E-state index < -0.39 is 32.3 Å². The van der Waals surface area contributed by atoms with Crippen LogP contribution in [0.2, 0.25) is 78.6 Å². The predicted molar refractivity (Wildman–Crippen MR) is 149 cm³/mol. The van der Waals surface area contributed by atoms with Gasteiger partial charge in [0, 0.05) is 0 Å². The second kappa shape index (κ2) is 16.3. The Kier molecular flexibility index (Phi) is 19.1. The van der Waals surface area contributed by atoms with Crippen LogP contribution in [0.1, 0.15) is 0 Å². The first kappa shape index (κ1) is 36.3. The van der Waals surface area contributed by atoms with Crippen molar-refractivity contribution < 1.29 is 21.7 Å². The summed E-state index contributed by atoms with van der Waals surface area (Å²) in [5.41, 5.74) is 8.10. The van der Waals surface area contributed by atoms with Crippen molar-refractivity contribution in [2.75, 3.05) is 0 Å². The van der Waals surface area contributed by atoms with Gasteiger partial charge in [-0.1, -0.05) is 78.6 Å². The molecule has 0 heterocycles. The Balaban J connectivity index is -0.000000341. The van der Waals surface area contributed by atoms with Crippen molar-refractivity contribution in [2.45, 2.75) is 78.6 Å². The minimum Gasteiger partial charge on any atom is -0.701 e. The van der Waals surface area contributed by atoms with Crippen LogP contribution in [0.25, 0.3) is 0 Å². The van der Waals surface area contributed by atoms with E-state index in [1.54, 1.807) is 11.1 Å². The summed E-state index contributed by atoms with van der Waals surface area (Å²) >= 11 is 0. The van der Waals surface area contributed by atoms with E-state index in [-0.39, 0.29) is 21.7 Å². The second-order valence-corrected chi connectivity index (χ2v) is 31.3. The largest absolute Gasteiger partial charge is 2.00 e. The first-order valence-corrected chi connectivity index (χ1v) is 24.7. The minimum absolute atomic E-state index is 0. The summed E-state index contributed by atoms with van der Waals surface area (Å²) < 4.78 is 0. The molecule has 0 aromatic rings. The van der Waals surface area contributed by atoms with E-state index >= 15 is 0 Å².